The van der Waals surface area contributed by atoms with Crippen LogP contribution >= 0.6 is 0 Å². The number of hydrazone groups is 1. The SMILES string of the molecule is CCCOc1ccc(-c2nn(-c3ccccc3)cc2/C=N/NC(=O)C(=O)Nc2ccccc2OC)cc1. The summed E-state index contributed by atoms with van der Waals surface area (Å²) in [5.41, 5.74) is 5.67. The smallest absolute Gasteiger partial charge is 0.329 e. The number of rotatable bonds is 9. The van der Waals surface area contributed by atoms with Crippen molar-refractivity contribution in [3.05, 3.63) is 90.6 Å². The number of hydrogen-bond acceptors (Lipinski definition) is 6. The summed E-state index contributed by atoms with van der Waals surface area (Å²) in [7, 11) is 1.48. The van der Waals surface area contributed by atoms with Gasteiger partial charge in [0.05, 0.1) is 31.3 Å². The van der Waals surface area contributed by atoms with Crippen molar-refractivity contribution in [3.63, 3.8) is 0 Å². The van der Waals surface area contributed by atoms with E-state index in [0.717, 1.165) is 23.4 Å². The minimum absolute atomic E-state index is 0.381. The van der Waals surface area contributed by atoms with Crippen molar-refractivity contribution in [2.45, 2.75) is 13.3 Å². The lowest BCUT2D eigenvalue weighted by Crippen LogP contribution is -2.32. The molecule has 3 aromatic carbocycles. The number of amides is 2. The van der Waals surface area contributed by atoms with E-state index in [4.69, 9.17) is 14.6 Å². The molecule has 9 heteroatoms. The van der Waals surface area contributed by atoms with Gasteiger partial charge in [0, 0.05) is 17.3 Å². The summed E-state index contributed by atoms with van der Waals surface area (Å²) in [6.07, 6.45) is 4.18. The van der Waals surface area contributed by atoms with Crippen molar-refractivity contribution in [2.24, 2.45) is 5.10 Å². The Hall–Kier alpha value is -4.92. The number of carbonyl (C=O) groups excluding carboxylic acids is 2. The van der Waals surface area contributed by atoms with Gasteiger partial charge in [0.2, 0.25) is 0 Å². The Morgan fingerprint density at radius 1 is 0.973 bits per heavy atom. The van der Waals surface area contributed by atoms with Gasteiger partial charge in [0.25, 0.3) is 0 Å². The molecule has 188 valence electrons. The predicted molar refractivity (Wildman–Crippen MR) is 142 cm³/mol. The molecule has 4 aromatic rings. The van der Waals surface area contributed by atoms with Crippen LogP contribution in [0.5, 0.6) is 11.5 Å². The third-order valence-corrected chi connectivity index (χ3v) is 5.30. The zero-order valence-corrected chi connectivity index (χ0v) is 20.5. The maximum Gasteiger partial charge on any atom is 0.329 e. The summed E-state index contributed by atoms with van der Waals surface area (Å²) in [4.78, 5) is 24.7. The summed E-state index contributed by atoms with van der Waals surface area (Å²) >= 11 is 0. The van der Waals surface area contributed by atoms with Crippen molar-refractivity contribution < 1.29 is 19.1 Å². The van der Waals surface area contributed by atoms with Crippen molar-refractivity contribution >= 4 is 23.7 Å². The summed E-state index contributed by atoms with van der Waals surface area (Å²) in [6.45, 7) is 2.70. The van der Waals surface area contributed by atoms with E-state index in [0.29, 0.717) is 29.3 Å². The van der Waals surface area contributed by atoms with Gasteiger partial charge >= 0.3 is 11.8 Å². The molecule has 0 aliphatic rings. The fraction of sp³-hybridized carbons (Fsp3) is 0.143. The third kappa shape index (κ3) is 6.40. The number of aromatic nitrogens is 2. The van der Waals surface area contributed by atoms with E-state index >= 15 is 0 Å². The van der Waals surface area contributed by atoms with Gasteiger partial charge < -0.3 is 14.8 Å². The number of ether oxygens (including phenoxy) is 2. The predicted octanol–water partition coefficient (Wildman–Crippen LogP) is 4.43. The average molecular weight is 498 g/mol. The highest BCUT2D eigenvalue weighted by Crippen LogP contribution is 2.25. The summed E-state index contributed by atoms with van der Waals surface area (Å²) < 4.78 is 12.6. The number of anilines is 1. The van der Waals surface area contributed by atoms with Gasteiger partial charge in [0.15, 0.2) is 0 Å². The number of benzene rings is 3. The van der Waals surface area contributed by atoms with E-state index < -0.39 is 11.8 Å². The number of nitrogens with one attached hydrogen (secondary N) is 2. The number of carbonyl (C=O) groups is 2. The molecule has 0 saturated carbocycles. The molecule has 0 unspecified atom stereocenters. The van der Waals surface area contributed by atoms with Crippen molar-refractivity contribution in [1.29, 1.82) is 0 Å². The van der Waals surface area contributed by atoms with Gasteiger partial charge in [-0.25, -0.2) is 10.1 Å². The zero-order valence-electron chi connectivity index (χ0n) is 20.5. The Kier molecular flexibility index (Phi) is 8.28. The summed E-state index contributed by atoms with van der Waals surface area (Å²) in [5, 5.41) is 11.2. The van der Waals surface area contributed by atoms with Gasteiger partial charge in [-0.15, -0.1) is 0 Å². The maximum atomic E-state index is 12.3. The molecule has 4 rings (SSSR count). The quantitative estimate of drug-likeness (QED) is 0.202. The third-order valence-electron chi connectivity index (χ3n) is 5.30. The van der Waals surface area contributed by atoms with E-state index in [-0.39, 0.29) is 0 Å². The maximum absolute atomic E-state index is 12.3. The highest BCUT2D eigenvalue weighted by atomic mass is 16.5. The van der Waals surface area contributed by atoms with Crippen molar-refractivity contribution in [2.75, 3.05) is 19.0 Å². The van der Waals surface area contributed by atoms with E-state index in [1.807, 2.05) is 54.6 Å². The standard InChI is InChI=1S/C28H27N5O4/c1-3-17-37-23-15-13-20(14-16-23)26-21(19-33(32-26)22-9-5-4-6-10-22)18-29-31-28(35)27(34)30-24-11-7-8-12-25(24)36-2/h4-16,18-19H,3,17H2,1-2H3,(H,30,34)(H,31,35)/b29-18+. The van der Waals surface area contributed by atoms with E-state index in [2.05, 4.69) is 22.8 Å². The number of methoxy groups -OCH3 is 1. The van der Waals surface area contributed by atoms with E-state index in [1.54, 1.807) is 35.1 Å². The molecule has 9 nitrogen and oxygen atoms in total. The van der Waals surface area contributed by atoms with Gasteiger partial charge in [0.1, 0.15) is 17.2 Å². The second kappa shape index (κ2) is 12.2. The van der Waals surface area contributed by atoms with E-state index in [1.165, 1.54) is 13.3 Å². The molecule has 0 saturated heterocycles. The topological polar surface area (TPSA) is 107 Å². The van der Waals surface area contributed by atoms with E-state index in [9.17, 15) is 9.59 Å². The molecular weight excluding hydrogens is 470 g/mol. The van der Waals surface area contributed by atoms with Crippen LogP contribution in [0.4, 0.5) is 5.69 Å². The second-order valence-corrected chi connectivity index (χ2v) is 7.94. The molecule has 0 atom stereocenters. The number of para-hydroxylation sites is 3. The molecule has 1 aromatic heterocycles. The fourth-order valence-corrected chi connectivity index (χ4v) is 3.49. The zero-order chi connectivity index (χ0) is 26.0. The lowest BCUT2D eigenvalue weighted by Gasteiger charge is -2.08. The molecule has 0 aliphatic heterocycles. The Labute approximate surface area is 214 Å². The molecule has 1 heterocycles. The Bertz CT molecular complexity index is 1380. The van der Waals surface area contributed by atoms with Crippen LogP contribution in [0.25, 0.3) is 16.9 Å². The lowest BCUT2D eigenvalue weighted by molar-refractivity contribution is -0.136. The molecule has 37 heavy (non-hydrogen) atoms. The van der Waals surface area contributed by atoms with Gasteiger partial charge in [-0.3, -0.25) is 9.59 Å². The molecule has 2 N–H and O–H groups in total. The van der Waals surface area contributed by atoms with Crippen LogP contribution in [-0.4, -0.2) is 41.5 Å². The van der Waals surface area contributed by atoms with Crippen LogP contribution in [0.15, 0.2) is 90.2 Å². The molecule has 0 radical (unpaired) electrons. The first-order valence-corrected chi connectivity index (χ1v) is 11.7. The van der Waals surface area contributed by atoms with Crippen LogP contribution in [0, 0.1) is 0 Å². The molecule has 0 spiro atoms. The Morgan fingerprint density at radius 2 is 1.70 bits per heavy atom. The van der Waals surface area contributed by atoms with Crippen molar-refractivity contribution in [3.8, 4) is 28.4 Å². The van der Waals surface area contributed by atoms with Gasteiger partial charge in [-0.05, 0) is 55.0 Å². The highest BCUT2D eigenvalue weighted by molar-refractivity contribution is 6.39. The summed E-state index contributed by atoms with van der Waals surface area (Å²) in [5.74, 6) is -0.575. The fourth-order valence-electron chi connectivity index (χ4n) is 3.49. The first-order valence-electron chi connectivity index (χ1n) is 11.7. The monoisotopic (exact) mass is 497 g/mol. The normalized spacial score (nSPS) is 10.8. The molecule has 0 aliphatic carbocycles. The van der Waals surface area contributed by atoms with Gasteiger partial charge in [-0.1, -0.05) is 37.3 Å². The highest BCUT2D eigenvalue weighted by Gasteiger charge is 2.16. The van der Waals surface area contributed by atoms with Gasteiger partial charge in [-0.2, -0.15) is 10.2 Å². The molecular formula is C28H27N5O4. The molecule has 0 fully saturated rings. The van der Waals surface area contributed by atoms with Crippen LogP contribution in [0.3, 0.4) is 0 Å². The minimum Gasteiger partial charge on any atom is -0.495 e. The van der Waals surface area contributed by atoms with Crippen LogP contribution in [0.2, 0.25) is 0 Å². The second-order valence-electron chi connectivity index (χ2n) is 7.94. The Morgan fingerprint density at radius 3 is 2.43 bits per heavy atom. The molecule has 2 amide bonds. The minimum atomic E-state index is -0.920. The first kappa shape index (κ1) is 25.2. The number of nitrogens with zero attached hydrogens (tertiary/aromatic N) is 3. The van der Waals surface area contributed by atoms with Crippen LogP contribution in [-0.2, 0) is 9.59 Å². The summed E-state index contributed by atoms with van der Waals surface area (Å²) in [6, 6.07) is 24.0. The average Bonchev–Trinajstić information content (AvgIpc) is 3.37. The Balaban J connectivity index is 1.53. The first-order chi connectivity index (χ1) is 18.1. The largest absolute Gasteiger partial charge is 0.495 e. The van der Waals surface area contributed by atoms with Crippen LogP contribution < -0.4 is 20.2 Å². The molecule has 0 bridgehead atoms. The van der Waals surface area contributed by atoms with Crippen molar-refractivity contribution in [1.82, 2.24) is 15.2 Å². The number of hydrogen-bond donors (Lipinski definition) is 2. The van der Waals surface area contributed by atoms with Crippen LogP contribution in [0.1, 0.15) is 18.9 Å². The lowest BCUT2D eigenvalue weighted by atomic mass is 10.1.